The van der Waals surface area contributed by atoms with Crippen LogP contribution in [0.1, 0.15) is 23.7 Å². The fourth-order valence-electron chi connectivity index (χ4n) is 4.18. The molecule has 1 atom stereocenters. The Bertz CT molecular complexity index is 1280. The van der Waals surface area contributed by atoms with Crippen LogP contribution in [0.2, 0.25) is 5.15 Å². The maximum absolute atomic E-state index is 11.1. The first kappa shape index (κ1) is 19.8. The van der Waals surface area contributed by atoms with Gasteiger partial charge in [0.25, 0.3) is 0 Å². The standard InChI is InChI=1S/C23H22ClN5O2/c1-13(30)12-27-23-26-7-4-18(28-23)16-9-14-5-8-29-19(21(31)17(10-16)20(14)29)11-15-3-2-6-25-22(15)24/h2-4,6-7,9-10,13,30-31H,5,8,11-12H2,1H3,(H,26,27,28). The molecule has 4 aromatic rings. The SMILES string of the molecule is CC(O)CNc1nccc(-c2cc3c4c(c2)c(O)c(Cc2cccnc2Cl)n4CC3)n1. The van der Waals surface area contributed by atoms with E-state index in [0.29, 0.717) is 24.1 Å². The number of nitrogens with zero attached hydrogens (tertiary/aromatic N) is 4. The Morgan fingerprint density at radius 1 is 1.23 bits per heavy atom. The minimum absolute atomic E-state index is 0.277. The minimum Gasteiger partial charge on any atom is -0.505 e. The normalized spacial score (nSPS) is 13.6. The molecule has 0 spiro atoms. The summed E-state index contributed by atoms with van der Waals surface area (Å²) in [5.41, 5.74) is 5.67. The third-order valence-electron chi connectivity index (χ3n) is 5.62. The van der Waals surface area contributed by atoms with Gasteiger partial charge in [0.1, 0.15) is 10.9 Å². The molecule has 31 heavy (non-hydrogen) atoms. The van der Waals surface area contributed by atoms with Crippen LogP contribution in [0.5, 0.6) is 5.75 Å². The number of hydrogen-bond acceptors (Lipinski definition) is 6. The molecular weight excluding hydrogens is 414 g/mol. The van der Waals surface area contributed by atoms with Gasteiger partial charge in [-0.2, -0.15) is 0 Å². The van der Waals surface area contributed by atoms with Gasteiger partial charge in [0.2, 0.25) is 5.95 Å². The number of aliphatic hydroxyl groups excluding tert-OH is 1. The van der Waals surface area contributed by atoms with E-state index >= 15 is 0 Å². The maximum Gasteiger partial charge on any atom is 0.223 e. The van der Waals surface area contributed by atoms with Gasteiger partial charge < -0.3 is 20.1 Å². The molecule has 1 aliphatic heterocycles. The van der Waals surface area contributed by atoms with Crippen LogP contribution in [-0.4, -0.2) is 42.4 Å². The number of hydrogen-bond donors (Lipinski definition) is 3. The van der Waals surface area contributed by atoms with E-state index in [9.17, 15) is 10.2 Å². The van der Waals surface area contributed by atoms with Gasteiger partial charge >= 0.3 is 0 Å². The largest absolute Gasteiger partial charge is 0.505 e. The highest BCUT2D eigenvalue weighted by molar-refractivity contribution is 6.30. The summed E-state index contributed by atoms with van der Waals surface area (Å²) in [5.74, 6) is 0.739. The van der Waals surface area contributed by atoms with Crippen molar-refractivity contribution in [1.29, 1.82) is 0 Å². The van der Waals surface area contributed by atoms with Crippen LogP contribution in [0.3, 0.4) is 0 Å². The molecule has 0 bridgehead atoms. The van der Waals surface area contributed by atoms with Crippen molar-refractivity contribution < 1.29 is 10.2 Å². The topological polar surface area (TPSA) is 96.1 Å². The van der Waals surface area contributed by atoms with Crippen LogP contribution in [0.25, 0.3) is 22.2 Å². The summed E-state index contributed by atoms with van der Waals surface area (Å²) in [6, 6.07) is 9.75. The molecule has 7 nitrogen and oxygen atoms in total. The fraction of sp³-hybridized carbons (Fsp3) is 0.261. The lowest BCUT2D eigenvalue weighted by atomic mass is 10.0. The van der Waals surface area contributed by atoms with Crippen molar-refractivity contribution in [3.8, 4) is 17.0 Å². The molecule has 0 saturated carbocycles. The van der Waals surface area contributed by atoms with Crippen LogP contribution in [-0.2, 0) is 19.4 Å². The fourth-order valence-corrected chi connectivity index (χ4v) is 4.37. The predicted octanol–water partition coefficient (Wildman–Crippen LogP) is 3.79. The van der Waals surface area contributed by atoms with E-state index in [2.05, 4.69) is 30.9 Å². The number of nitrogens with one attached hydrogen (secondary N) is 1. The number of aromatic hydroxyl groups is 1. The van der Waals surface area contributed by atoms with E-state index in [1.807, 2.05) is 24.3 Å². The molecule has 1 unspecified atom stereocenters. The molecule has 0 radical (unpaired) electrons. The zero-order valence-corrected chi connectivity index (χ0v) is 17.8. The average Bonchev–Trinajstić information content (AvgIpc) is 3.31. The Morgan fingerprint density at radius 2 is 2.10 bits per heavy atom. The lowest BCUT2D eigenvalue weighted by Crippen LogP contribution is -2.16. The summed E-state index contributed by atoms with van der Waals surface area (Å²) in [7, 11) is 0. The van der Waals surface area contributed by atoms with Crippen molar-refractivity contribution >= 4 is 28.5 Å². The molecule has 0 amide bonds. The second-order valence-electron chi connectivity index (χ2n) is 7.85. The van der Waals surface area contributed by atoms with Crippen LogP contribution in [0.15, 0.2) is 42.7 Å². The molecule has 3 N–H and O–H groups in total. The van der Waals surface area contributed by atoms with Crippen LogP contribution >= 0.6 is 11.6 Å². The molecular formula is C23H22ClN5O2. The lowest BCUT2D eigenvalue weighted by molar-refractivity contribution is 0.208. The first-order valence-corrected chi connectivity index (χ1v) is 10.6. The van der Waals surface area contributed by atoms with Crippen molar-refractivity contribution in [2.75, 3.05) is 11.9 Å². The molecule has 1 aromatic carbocycles. The number of anilines is 1. The average molecular weight is 436 g/mol. The summed E-state index contributed by atoms with van der Waals surface area (Å²) < 4.78 is 2.18. The van der Waals surface area contributed by atoms with Gasteiger partial charge in [-0.1, -0.05) is 17.7 Å². The van der Waals surface area contributed by atoms with Crippen molar-refractivity contribution in [3.05, 3.63) is 64.7 Å². The number of halogens is 1. The lowest BCUT2D eigenvalue weighted by Gasteiger charge is -2.09. The van der Waals surface area contributed by atoms with Gasteiger partial charge in [0, 0.05) is 42.9 Å². The highest BCUT2D eigenvalue weighted by Crippen LogP contribution is 2.41. The van der Waals surface area contributed by atoms with E-state index in [4.69, 9.17) is 11.6 Å². The van der Waals surface area contributed by atoms with Gasteiger partial charge in [0.05, 0.1) is 23.0 Å². The number of aryl methyl sites for hydroxylation is 2. The molecule has 4 heterocycles. The van der Waals surface area contributed by atoms with Gasteiger partial charge in [-0.3, -0.25) is 0 Å². The molecule has 158 valence electrons. The molecule has 3 aromatic heterocycles. The predicted molar refractivity (Wildman–Crippen MR) is 121 cm³/mol. The number of pyridine rings is 1. The van der Waals surface area contributed by atoms with Gasteiger partial charge in [-0.05, 0) is 48.7 Å². The second-order valence-corrected chi connectivity index (χ2v) is 8.21. The molecule has 5 rings (SSSR count). The van der Waals surface area contributed by atoms with Crippen LogP contribution in [0.4, 0.5) is 5.95 Å². The smallest absolute Gasteiger partial charge is 0.223 e. The highest BCUT2D eigenvalue weighted by Gasteiger charge is 2.25. The molecule has 8 heteroatoms. The maximum atomic E-state index is 11.1. The van der Waals surface area contributed by atoms with E-state index < -0.39 is 6.10 Å². The second kappa shape index (κ2) is 7.83. The van der Waals surface area contributed by atoms with Gasteiger partial charge in [-0.15, -0.1) is 0 Å². The van der Waals surface area contributed by atoms with E-state index in [1.54, 1.807) is 19.3 Å². The van der Waals surface area contributed by atoms with Crippen LogP contribution < -0.4 is 5.32 Å². The Kier molecular flexibility index (Phi) is 5.00. The summed E-state index contributed by atoms with van der Waals surface area (Å²) in [6.07, 6.45) is 4.27. The number of rotatable bonds is 6. The summed E-state index contributed by atoms with van der Waals surface area (Å²) in [5, 5.41) is 24.9. The van der Waals surface area contributed by atoms with Gasteiger partial charge in [-0.25, -0.2) is 15.0 Å². The third-order valence-corrected chi connectivity index (χ3v) is 5.96. The highest BCUT2D eigenvalue weighted by atomic mass is 35.5. The number of benzene rings is 1. The quantitative estimate of drug-likeness (QED) is 0.399. The zero-order valence-electron chi connectivity index (χ0n) is 17.0. The van der Waals surface area contributed by atoms with Crippen molar-refractivity contribution in [3.63, 3.8) is 0 Å². The first-order chi connectivity index (χ1) is 15.0. The Labute approximate surface area is 184 Å². The molecule has 0 fully saturated rings. The first-order valence-electron chi connectivity index (χ1n) is 10.2. The Morgan fingerprint density at radius 3 is 2.90 bits per heavy atom. The van der Waals surface area contributed by atoms with Gasteiger partial charge in [0.15, 0.2) is 0 Å². The Hall–Kier alpha value is -3.16. The van der Waals surface area contributed by atoms with Crippen molar-refractivity contribution in [2.24, 2.45) is 0 Å². The summed E-state index contributed by atoms with van der Waals surface area (Å²) in [4.78, 5) is 13.0. The van der Waals surface area contributed by atoms with E-state index in [0.717, 1.165) is 46.4 Å². The Balaban J connectivity index is 1.56. The van der Waals surface area contributed by atoms with Crippen molar-refractivity contribution in [2.45, 2.75) is 32.4 Å². The van der Waals surface area contributed by atoms with Crippen LogP contribution in [0, 0.1) is 0 Å². The monoisotopic (exact) mass is 435 g/mol. The van der Waals surface area contributed by atoms with Crippen molar-refractivity contribution in [1.82, 2.24) is 19.5 Å². The number of aliphatic hydroxyl groups is 1. The molecule has 1 aliphatic rings. The molecule has 0 saturated heterocycles. The summed E-state index contributed by atoms with van der Waals surface area (Å²) >= 11 is 6.26. The van der Waals surface area contributed by atoms with E-state index in [1.165, 1.54) is 5.56 Å². The molecule has 0 aliphatic carbocycles. The minimum atomic E-state index is -0.493. The summed E-state index contributed by atoms with van der Waals surface area (Å²) in [6.45, 7) is 2.89. The van der Waals surface area contributed by atoms with E-state index in [-0.39, 0.29) is 5.75 Å². The zero-order chi connectivity index (χ0) is 21.5. The number of aromatic nitrogens is 4. The third kappa shape index (κ3) is 3.60.